The van der Waals surface area contributed by atoms with Gasteiger partial charge in [0.05, 0.1) is 12.2 Å². The molecule has 0 aliphatic carbocycles. The molecule has 0 heterocycles. The molecule has 1 aromatic carbocycles. The van der Waals surface area contributed by atoms with E-state index in [2.05, 4.69) is 51.8 Å². The third kappa shape index (κ3) is 7.85. The van der Waals surface area contributed by atoms with Crippen LogP contribution in [0, 0.1) is 6.92 Å². The van der Waals surface area contributed by atoms with Crippen LogP contribution < -0.4 is 4.74 Å². The summed E-state index contributed by atoms with van der Waals surface area (Å²) in [5, 5.41) is 0. The number of aryl methyl sites for hydroxylation is 1. The van der Waals surface area contributed by atoms with Crippen LogP contribution in [0.4, 0.5) is 0 Å². The van der Waals surface area contributed by atoms with Gasteiger partial charge in [-0.25, -0.2) is 0 Å². The summed E-state index contributed by atoms with van der Waals surface area (Å²) < 4.78 is 11.4. The van der Waals surface area contributed by atoms with Crippen molar-refractivity contribution in [3.63, 3.8) is 0 Å². The van der Waals surface area contributed by atoms with Gasteiger partial charge in [0.25, 0.3) is 0 Å². The molecule has 3 nitrogen and oxygen atoms in total. The first-order valence-electron chi connectivity index (χ1n) is 6.89. The predicted molar refractivity (Wildman–Crippen MR) is 79.9 cm³/mol. The largest absolute Gasteiger partial charge is 0.492 e. The highest BCUT2D eigenvalue weighted by molar-refractivity contribution is 5.26. The van der Waals surface area contributed by atoms with Crippen LogP contribution in [0.3, 0.4) is 0 Å². The highest BCUT2D eigenvalue weighted by atomic mass is 16.5. The molecular formula is C16H27NO2. The van der Waals surface area contributed by atoms with Gasteiger partial charge in [0, 0.05) is 13.1 Å². The fourth-order valence-corrected chi connectivity index (χ4v) is 1.57. The zero-order valence-electron chi connectivity index (χ0n) is 12.9. The SMILES string of the molecule is Cc1ccc(OCCN(C)CCOC(C)(C)C)cc1. The summed E-state index contributed by atoms with van der Waals surface area (Å²) in [6, 6.07) is 8.16. The lowest BCUT2D eigenvalue weighted by Gasteiger charge is -2.22. The molecule has 0 N–H and O–H groups in total. The van der Waals surface area contributed by atoms with Crippen molar-refractivity contribution in [1.29, 1.82) is 0 Å². The van der Waals surface area contributed by atoms with E-state index in [1.165, 1.54) is 5.56 Å². The van der Waals surface area contributed by atoms with Crippen molar-refractivity contribution in [2.75, 3.05) is 33.4 Å². The first kappa shape index (κ1) is 16.0. The summed E-state index contributed by atoms with van der Waals surface area (Å²) in [6.45, 7) is 11.6. The second-order valence-electron chi connectivity index (χ2n) is 5.93. The van der Waals surface area contributed by atoms with Crippen LogP contribution in [-0.4, -0.2) is 43.9 Å². The van der Waals surface area contributed by atoms with Crippen molar-refractivity contribution in [2.45, 2.75) is 33.3 Å². The molecule has 0 aromatic heterocycles. The molecule has 0 bridgehead atoms. The molecule has 0 fully saturated rings. The van der Waals surface area contributed by atoms with E-state index in [0.29, 0.717) is 6.61 Å². The first-order chi connectivity index (χ1) is 8.87. The summed E-state index contributed by atoms with van der Waals surface area (Å²) in [6.07, 6.45) is 0. The minimum absolute atomic E-state index is 0.0563. The number of likely N-dealkylation sites (N-methyl/N-ethyl adjacent to an activating group) is 1. The van der Waals surface area contributed by atoms with Crippen molar-refractivity contribution in [3.05, 3.63) is 29.8 Å². The predicted octanol–water partition coefficient (Wildman–Crippen LogP) is 3.12. The lowest BCUT2D eigenvalue weighted by molar-refractivity contribution is -0.0114. The third-order valence-electron chi connectivity index (χ3n) is 2.77. The van der Waals surface area contributed by atoms with Crippen LogP contribution in [0.15, 0.2) is 24.3 Å². The lowest BCUT2D eigenvalue weighted by Crippen LogP contribution is -2.30. The van der Waals surface area contributed by atoms with Crippen LogP contribution >= 0.6 is 0 Å². The molecule has 0 aliphatic rings. The minimum Gasteiger partial charge on any atom is -0.492 e. The Morgan fingerprint density at radius 2 is 1.58 bits per heavy atom. The van der Waals surface area contributed by atoms with Gasteiger partial charge >= 0.3 is 0 Å². The zero-order valence-corrected chi connectivity index (χ0v) is 12.9. The molecule has 0 unspecified atom stereocenters. The van der Waals surface area contributed by atoms with Gasteiger partial charge in [-0.1, -0.05) is 17.7 Å². The van der Waals surface area contributed by atoms with Crippen molar-refractivity contribution in [2.24, 2.45) is 0 Å². The van der Waals surface area contributed by atoms with E-state index < -0.39 is 0 Å². The van der Waals surface area contributed by atoms with Crippen LogP contribution in [-0.2, 0) is 4.74 Å². The molecule has 0 saturated carbocycles. The molecular weight excluding hydrogens is 238 g/mol. The summed E-state index contributed by atoms with van der Waals surface area (Å²) in [5.41, 5.74) is 1.20. The van der Waals surface area contributed by atoms with Crippen LogP contribution in [0.2, 0.25) is 0 Å². The van der Waals surface area contributed by atoms with Gasteiger partial charge in [0.2, 0.25) is 0 Å². The van der Waals surface area contributed by atoms with E-state index in [9.17, 15) is 0 Å². The number of rotatable bonds is 7. The molecule has 0 atom stereocenters. The average Bonchev–Trinajstić information content (AvgIpc) is 2.30. The van der Waals surface area contributed by atoms with E-state index >= 15 is 0 Å². The zero-order chi connectivity index (χ0) is 14.3. The van der Waals surface area contributed by atoms with Crippen molar-refractivity contribution in [1.82, 2.24) is 4.90 Å². The van der Waals surface area contributed by atoms with E-state index in [4.69, 9.17) is 9.47 Å². The summed E-state index contributed by atoms with van der Waals surface area (Å²) in [4.78, 5) is 2.22. The van der Waals surface area contributed by atoms with Crippen LogP contribution in [0.1, 0.15) is 26.3 Å². The van der Waals surface area contributed by atoms with E-state index in [1.54, 1.807) is 0 Å². The monoisotopic (exact) mass is 265 g/mol. The Bertz CT molecular complexity index is 354. The normalized spacial score (nSPS) is 11.9. The number of nitrogens with zero attached hydrogens (tertiary/aromatic N) is 1. The van der Waals surface area contributed by atoms with Gasteiger partial charge in [0.1, 0.15) is 12.4 Å². The van der Waals surface area contributed by atoms with E-state index in [-0.39, 0.29) is 5.60 Å². The maximum absolute atomic E-state index is 5.70. The van der Waals surface area contributed by atoms with Crippen molar-refractivity contribution in [3.8, 4) is 5.75 Å². The highest BCUT2D eigenvalue weighted by Gasteiger charge is 2.09. The van der Waals surface area contributed by atoms with Gasteiger partial charge < -0.3 is 14.4 Å². The molecule has 0 spiro atoms. The topological polar surface area (TPSA) is 21.7 Å². The maximum atomic E-state index is 5.70. The molecule has 0 amide bonds. The van der Waals surface area contributed by atoms with Crippen LogP contribution in [0.25, 0.3) is 0 Å². The van der Waals surface area contributed by atoms with E-state index in [0.717, 1.165) is 25.4 Å². The standard InChI is InChI=1S/C16H27NO2/c1-14-6-8-15(9-7-14)18-12-10-17(5)11-13-19-16(2,3)4/h6-9H,10-13H2,1-5H3. The molecule has 1 rings (SSSR count). The highest BCUT2D eigenvalue weighted by Crippen LogP contribution is 2.11. The fourth-order valence-electron chi connectivity index (χ4n) is 1.57. The second kappa shape index (κ2) is 7.51. The Morgan fingerprint density at radius 1 is 1.00 bits per heavy atom. The maximum Gasteiger partial charge on any atom is 0.119 e. The molecule has 0 saturated heterocycles. The molecule has 19 heavy (non-hydrogen) atoms. The van der Waals surface area contributed by atoms with E-state index in [1.807, 2.05) is 12.1 Å². The number of benzene rings is 1. The van der Waals surface area contributed by atoms with Crippen LogP contribution in [0.5, 0.6) is 5.75 Å². The van der Waals surface area contributed by atoms with Gasteiger partial charge in [0.15, 0.2) is 0 Å². The average molecular weight is 265 g/mol. The summed E-state index contributed by atoms with van der Waals surface area (Å²) in [7, 11) is 2.09. The second-order valence-corrected chi connectivity index (χ2v) is 5.93. The number of ether oxygens (including phenoxy) is 2. The lowest BCUT2D eigenvalue weighted by atomic mass is 10.2. The third-order valence-corrected chi connectivity index (χ3v) is 2.77. The number of hydrogen-bond acceptors (Lipinski definition) is 3. The Kier molecular flexibility index (Phi) is 6.32. The first-order valence-corrected chi connectivity index (χ1v) is 6.89. The van der Waals surface area contributed by atoms with Gasteiger partial charge in [-0.15, -0.1) is 0 Å². The Balaban J connectivity index is 2.13. The molecule has 108 valence electrons. The van der Waals surface area contributed by atoms with Crippen molar-refractivity contribution < 1.29 is 9.47 Å². The van der Waals surface area contributed by atoms with Gasteiger partial charge in [-0.3, -0.25) is 0 Å². The summed E-state index contributed by atoms with van der Waals surface area (Å²) in [5.74, 6) is 0.935. The Hall–Kier alpha value is -1.06. The minimum atomic E-state index is -0.0563. The Morgan fingerprint density at radius 3 is 2.16 bits per heavy atom. The van der Waals surface area contributed by atoms with Crippen molar-refractivity contribution >= 4 is 0 Å². The molecule has 1 aromatic rings. The van der Waals surface area contributed by atoms with Gasteiger partial charge in [-0.05, 0) is 46.9 Å². The smallest absolute Gasteiger partial charge is 0.119 e. The Labute approximate surface area is 117 Å². The molecule has 0 radical (unpaired) electrons. The fraction of sp³-hybridized carbons (Fsp3) is 0.625. The number of hydrogen-bond donors (Lipinski definition) is 0. The summed E-state index contributed by atoms with van der Waals surface area (Å²) >= 11 is 0. The molecule has 3 heteroatoms. The molecule has 0 aliphatic heterocycles. The van der Waals surface area contributed by atoms with Gasteiger partial charge in [-0.2, -0.15) is 0 Å². The quantitative estimate of drug-likeness (QED) is 0.756.